The summed E-state index contributed by atoms with van der Waals surface area (Å²) in [5.74, 6) is 0. The van der Waals surface area contributed by atoms with Crippen molar-refractivity contribution in [3.05, 3.63) is 51.7 Å². The van der Waals surface area contributed by atoms with Crippen molar-refractivity contribution in [1.29, 1.82) is 0 Å². The summed E-state index contributed by atoms with van der Waals surface area (Å²) < 4.78 is 1.74. The number of rotatable bonds is 2. The van der Waals surface area contributed by atoms with E-state index in [0.717, 1.165) is 30.0 Å². The highest BCUT2D eigenvalue weighted by molar-refractivity contribution is 5.61. The average molecular weight is 269 g/mol. The second-order valence-corrected chi connectivity index (χ2v) is 5.25. The monoisotopic (exact) mass is 269 g/mol. The Balaban J connectivity index is 2.13. The van der Waals surface area contributed by atoms with E-state index < -0.39 is 0 Å². The van der Waals surface area contributed by atoms with E-state index in [4.69, 9.17) is 0 Å². The summed E-state index contributed by atoms with van der Waals surface area (Å²) >= 11 is 0. The molecule has 0 saturated heterocycles. The molecule has 0 saturated carbocycles. The van der Waals surface area contributed by atoms with E-state index in [2.05, 4.69) is 29.1 Å². The van der Waals surface area contributed by atoms with Gasteiger partial charge in [0.15, 0.2) is 0 Å². The molecule has 4 heteroatoms. The SMILES string of the molecule is C/C=C\c1[nH]c(=O)n(-c2ccc3c(c2)CCN3C)c1C. The molecule has 1 aromatic heterocycles. The Bertz CT molecular complexity index is 737. The number of hydrogen-bond acceptors (Lipinski definition) is 2. The first-order chi connectivity index (χ1) is 9.61. The fraction of sp³-hybridized carbons (Fsp3) is 0.312. The maximum Gasteiger partial charge on any atom is 0.330 e. The van der Waals surface area contributed by atoms with Crippen LogP contribution in [-0.4, -0.2) is 23.1 Å². The quantitative estimate of drug-likeness (QED) is 0.910. The number of likely N-dealkylation sites (N-methyl/N-ethyl adjacent to an activating group) is 1. The van der Waals surface area contributed by atoms with Crippen molar-refractivity contribution < 1.29 is 0 Å². The molecule has 0 aliphatic carbocycles. The first-order valence-electron chi connectivity index (χ1n) is 6.90. The molecular weight excluding hydrogens is 250 g/mol. The Morgan fingerprint density at radius 2 is 2.15 bits per heavy atom. The number of hydrogen-bond donors (Lipinski definition) is 1. The zero-order valence-corrected chi connectivity index (χ0v) is 12.1. The van der Waals surface area contributed by atoms with Crippen molar-refractivity contribution in [3.63, 3.8) is 0 Å². The molecule has 0 amide bonds. The van der Waals surface area contributed by atoms with Gasteiger partial charge in [-0.25, -0.2) is 4.79 Å². The number of imidazole rings is 1. The Morgan fingerprint density at radius 1 is 1.35 bits per heavy atom. The molecule has 2 aromatic rings. The largest absolute Gasteiger partial charge is 0.374 e. The fourth-order valence-electron chi connectivity index (χ4n) is 2.87. The molecule has 20 heavy (non-hydrogen) atoms. The average Bonchev–Trinajstić information content (AvgIpc) is 2.92. The normalized spacial score (nSPS) is 14.2. The Hall–Kier alpha value is -2.23. The van der Waals surface area contributed by atoms with Gasteiger partial charge in [0.05, 0.1) is 11.4 Å². The third-order valence-corrected chi connectivity index (χ3v) is 3.95. The molecule has 0 bridgehead atoms. The minimum Gasteiger partial charge on any atom is -0.374 e. The van der Waals surface area contributed by atoms with Gasteiger partial charge in [0.25, 0.3) is 0 Å². The van der Waals surface area contributed by atoms with E-state index in [9.17, 15) is 4.79 Å². The number of nitrogens with one attached hydrogen (secondary N) is 1. The molecule has 0 radical (unpaired) electrons. The molecule has 0 fully saturated rings. The van der Waals surface area contributed by atoms with Gasteiger partial charge in [0, 0.05) is 25.0 Å². The number of allylic oxidation sites excluding steroid dienone is 1. The van der Waals surface area contributed by atoms with Gasteiger partial charge in [-0.3, -0.25) is 4.57 Å². The third-order valence-electron chi connectivity index (χ3n) is 3.95. The predicted molar refractivity (Wildman–Crippen MR) is 82.8 cm³/mol. The van der Waals surface area contributed by atoms with Crippen LogP contribution in [0.3, 0.4) is 0 Å². The smallest absolute Gasteiger partial charge is 0.330 e. The Kier molecular flexibility index (Phi) is 3.01. The number of nitrogens with zero attached hydrogens (tertiary/aromatic N) is 2. The van der Waals surface area contributed by atoms with E-state index in [1.807, 2.05) is 32.1 Å². The van der Waals surface area contributed by atoms with Gasteiger partial charge >= 0.3 is 5.69 Å². The molecule has 1 N–H and O–H groups in total. The summed E-state index contributed by atoms with van der Waals surface area (Å²) in [5, 5.41) is 0. The minimum atomic E-state index is -0.0816. The van der Waals surface area contributed by atoms with Gasteiger partial charge in [-0.05, 0) is 50.1 Å². The van der Waals surface area contributed by atoms with Gasteiger partial charge in [-0.15, -0.1) is 0 Å². The van der Waals surface area contributed by atoms with E-state index in [1.54, 1.807) is 4.57 Å². The summed E-state index contributed by atoms with van der Waals surface area (Å²) in [5.41, 5.74) is 5.25. The van der Waals surface area contributed by atoms with Crippen LogP contribution in [0.2, 0.25) is 0 Å². The topological polar surface area (TPSA) is 41.0 Å². The first-order valence-corrected chi connectivity index (χ1v) is 6.90. The summed E-state index contributed by atoms with van der Waals surface area (Å²) in [7, 11) is 2.10. The number of aromatic nitrogens is 2. The fourth-order valence-corrected chi connectivity index (χ4v) is 2.87. The van der Waals surface area contributed by atoms with Crippen LogP contribution < -0.4 is 10.6 Å². The van der Waals surface area contributed by atoms with Gasteiger partial charge in [-0.2, -0.15) is 0 Å². The van der Waals surface area contributed by atoms with Crippen LogP contribution in [-0.2, 0) is 6.42 Å². The van der Waals surface area contributed by atoms with E-state index in [-0.39, 0.29) is 5.69 Å². The van der Waals surface area contributed by atoms with Crippen molar-refractivity contribution in [1.82, 2.24) is 9.55 Å². The van der Waals surface area contributed by atoms with E-state index >= 15 is 0 Å². The maximum absolute atomic E-state index is 12.2. The van der Waals surface area contributed by atoms with Crippen LogP contribution >= 0.6 is 0 Å². The minimum absolute atomic E-state index is 0.0816. The number of aromatic amines is 1. The van der Waals surface area contributed by atoms with E-state index in [0.29, 0.717) is 0 Å². The summed E-state index contributed by atoms with van der Waals surface area (Å²) in [4.78, 5) is 17.3. The van der Waals surface area contributed by atoms with Crippen LogP contribution in [0.15, 0.2) is 29.1 Å². The number of anilines is 1. The van der Waals surface area contributed by atoms with Crippen LogP contribution in [0.25, 0.3) is 11.8 Å². The summed E-state index contributed by atoms with van der Waals surface area (Å²) in [6, 6.07) is 6.24. The predicted octanol–water partition coefficient (Wildman–Crippen LogP) is 2.50. The lowest BCUT2D eigenvalue weighted by atomic mass is 10.1. The lowest BCUT2D eigenvalue weighted by Crippen LogP contribution is -2.16. The van der Waals surface area contributed by atoms with Gasteiger partial charge in [0.1, 0.15) is 0 Å². The molecule has 104 valence electrons. The number of fused-ring (bicyclic) bond motifs is 1. The van der Waals surface area contributed by atoms with E-state index in [1.165, 1.54) is 11.3 Å². The molecule has 4 nitrogen and oxygen atoms in total. The lowest BCUT2D eigenvalue weighted by Gasteiger charge is -2.12. The zero-order chi connectivity index (χ0) is 14.3. The molecule has 1 aliphatic rings. The molecule has 0 atom stereocenters. The van der Waals surface area contributed by atoms with Crippen LogP contribution in [0.5, 0.6) is 0 Å². The first kappa shape index (κ1) is 12.8. The van der Waals surface area contributed by atoms with Crippen molar-refractivity contribution in [2.24, 2.45) is 0 Å². The van der Waals surface area contributed by atoms with Gasteiger partial charge in [0.2, 0.25) is 0 Å². The summed E-state index contributed by atoms with van der Waals surface area (Å²) in [6.07, 6.45) is 4.90. The lowest BCUT2D eigenvalue weighted by molar-refractivity contribution is 0.943. The van der Waals surface area contributed by atoms with Crippen LogP contribution in [0.1, 0.15) is 23.9 Å². The highest BCUT2D eigenvalue weighted by Crippen LogP contribution is 2.28. The maximum atomic E-state index is 12.2. The van der Waals surface area contributed by atoms with Gasteiger partial charge < -0.3 is 9.88 Å². The Morgan fingerprint density at radius 3 is 2.90 bits per heavy atom. The van der Waals surface area contributed by atoms with Gasteiger partial charge in [-0.1, -0.05) is 6.08 Å². The second kappa shape index (κ2) is 4.71. The number of H-pyrrole nitrogens is 1. The summed E-state index contributed by atoms with van der Waals surface area (Å²) in [6.45, 7) is 4.95. The Labute approximate surface area is 118 Å². The molecule has 1 aromatic carbocycles. The van der Waals surface area contributed by atoms with Crippen molar-refractivity contribution >= 4 is 11.8 Å². The third kappa shape index (κ3) is 1.88. The molecule has 0 spiro atoms. The van der Waals surface area contributed by atoms with Crippen molar-refractivity contribution in [2.45, 2.75) is 20.3 Å². The molecule has 1 aliphatic heterocycles. The molecule has 0 unspecified atom stereocenters. The van der Waals surface area contributed by atoms with Crippen LogP contribution in [0.4, 0.5) is 5.69 Å². The van der Waals surface area contributed by atoms with Crippen molar-refractivity contribution in [2.75, 3.05) is 18.5 Å². The molecule has 2 heterocycles. The zero-order valence-electron chi connectivity index (χ0n) is 12.1. The second-order valence-electron chi connectivity index (χ2n) is 5.25. The molecule has 3 rings (SSSR count). The number of benzene rings is 1. The molecular formula is C16H19N3O. The highest BCUT2D eigenvalue weighted by atomic mass is 16.1. The van der Waals surface area contributed by atoms with Crippen molar-refractivity contribution in [3.8, 4) is 5.69 Å². The standard InChI is InChI=1S/C16H19N3O/c1-4-5-14-11(2)19(16(20)17-14)13-6-7-15-12(10-13)8-9-18(15)3/h4-7,10H,8-9H2,1-3H3,(H,17,20)/b5-4-. The van der Waals surface area contributed by atoms with Crippen LogP contribution in [0, 0.1) is 6.92 Å². The highest BCUT2D eigenvalue weighted by Gasteiger charge is 2.17.